The van der Waals surface area contributed by atoms with Gasteiger partial charge >= 0.3 is 11.8 Å². The number of Topliss-reactive ketones (excluding diaryl/α,β-unsaturated/α-hetero) is 3. The molecule has 2 saturated heterocycles. The van der Waals surface area contributed by atoms with Crippen LogP contribution in [0, 0.1) is 54.3 Å². The van der Waals surface area contributed by atoms with Gasteiger partial charge in [-0.05, 0) is 38.2 Å². The lowest BCUT2D eigenvalue weighted by molar-refractivity contribution is -0.160. The van der Waals surface area contributed by atoms with Gasteiger partial charge < -0.3 is 44.5 Å². The fraction of sp³-hybridized carbons (Fsp3) is 0.558. The second-order valence-electron chi connectivity index (χ2n) is 20.2. The number of piperazine rings is 1. The van der Waals surface area contributed by atoms with Gasteiger partial charge in [0.15, 0.2) is 0 Å². The molecule has 8 aliphatic rings. The van der Waals surface area contributed by atoms with E-state index in [9.17, 15) is 44.1 Å². The summed E-state index contributed by atoms with van der Waals surface area (Å²) >= 11 is 0. The Morgan fingerprint density at radius 3 is 2.09 bits per heavy atom. The lowest BCUT2D eigenvalue weighted by Crippen LogP contribution is -2.51. The molecule has 3 fully saturated rings. The molecule has 0 spiro atoms. The van der Waals surface area contributed by atoms with E-state index in [1.165, 1.54) is 58.1 Å². The summed E-state index contributed by atoms with van der Waals surface area (Å²) < 4.78 is 23.7. The number of imide groups is 1. The van der Waals surface area contributed by atoms with Crippen LogP contribution in [0.5, 0.6) is 11.5 Å². The molecular formula is C52H64N4O14. The fourth-order valence-electron chi connectivity index (χ4n) is 11.6. The zero-order valence-electron chi connectivity index (χ0n) is 41.1. The minimum Gasteiger partial charge on any atom is -0.507 e. The highest BCUT2D eigenvalue weighted by molar-refractivity contribution is 6.32. The number of likely N-dealkylation sites (tertiary alicyclic amines) is 1. The number of amides is 3. The molecule has 4 unspecified atom stereocenters. The largest absolute Gasteiger partial charge is 0.507 e. The molecule has 0 aromatic heterocycles. The van der Waals surface area contributed by atoms with Crippen molar-refractivity contribution in [1.82, 2.24) is 20.0 Å². The third kappa shape index (κ3) is 8.59. The summed E-state index contributed by atoms with van der Waals surface area (Å²) in [6.45, 7) is 14.0. The normalized spacial score (nSPS) is 34.8. The van der Waals surface area contributed by atoms with Gasteiger partial charge in [0.25, 0.3) is 11.7 Å². The molecule has 5 heterocycles. The van der Waals surface area contributed by atoms with E-state index in [2.05, 4.69) is 5.32 Å². The number of hydrogen-bond donors (Lipinski definition) is 4. The maximum atomic E-state index is 15.2. The summed E-state index contributed by atoms with van der Waals surface area (Å²) in [5, 5.41) is 37.4. The van der Waals surface area contributed by atoms with Crippen LogP contribution in [-0.4, -0.2) is 148 Å². The van der Waals surface area contributed by atoms with Crippen LogP contribution in [0.25, 0.3) is 0 Å². The number of aliphatic hydroxyl groups is 2. The number of carbonyl (C=O) groups excluding carboxylic acids is 7. The van der Waals surface area contributed by atoms with E-state index in [1.54, 1.807) is 44.7 Å². The van der Waals surface area contributed by atoms with Crippen LogP contribution in [0.15, 0.2) is 59.7 Å². The van der Waals surface area contributed by atoms with E-state index in [1.807, 2.05) is 17.1 Å². The van der Waals surface area contributed by atoms with E-state index in [0.717, 1.165) is 6.42 Å². The molecule has 1 aromatic carbocycles. The van der Waals surface area contributed by atoms with Gasteiger partial charge in [0.1, 0.15) is 29.0 Å². The van der Waals surface area contributed by atoms with Gasteiger partial charge in [-0.1, -0.05) is 58.1 Å². The molecule has 3 amide bonds. The minimum absolute atomic E-state index is 0.0257. The Labute approximate surface area is 407 Å². The Kier molecular flexibility index (Phi) is 13.9. The van der Waals surface area contributed by atoms with Crippen LogP contribution in [-0.2, 0) is 33.4 Å². The van der Waals surface area contributed by atoms with Gasteiger partial charge in [0, 0.05) is 95.0 Å². The number of esters is 1. The summed E-state index contributed by atoms with van der Waals surface area (Å²) in [4.78, 5) is 103. The number of nitrogens with zero attached hydrogens (tertiary/aromatic N) is 3. The Hall–Kier alpha value is -5.95. The number of aliphatic hydroxyl groups excluding tert-OH is 2. The van der Waals surface area contributed by atoms with Crippen LogP contribution in [0.1, 0.15) is 91.5 Å². The van der Waals surface area contributed by atoms with Gasteiger partial charge in [-0.3, -0.25) is 43.4 Å². The summed E-state index contributed by atoms with van der Waals surface area (Å²) in [5.41, 5.74) is -1.70. The zero-order chi connectivity index (χ0) is 50.8. The number of carbonyl (C=O) groups is 7. The van der Waals surface area contributed by atoms with Crippen molar-refractivity contribution in [2.45, 2.75) is 92.0 Å². The van der Waals surface area contributed by atoms with Gasteiger partial charge in [0.05, 0.1) is 53.1 Å². The molecule has 1 saturated carbocycles. The summed E-state index contributed by atoms with van der Waals surface area (Å²) in [6, 6.07) is 0. The van der Waals surface area contributed by atoms with E-state index in [4.69, 9.17) is 18.9 Å². The first-order chi connectivity index (χ1) is 33.1. The number of phenols is 1. The first-order valence-corrected chi connectivity index (χ1v) is 24.2. The molecular weight excluding hydrogens is 905 g/mol. The molecule has 7 bridgehead atoms. The van der Waals surface area contributed by atoms with Crippen molar-refractivity contribution in [3.63, 3.8) is 0 Å². The number of phenolic OH excluding ortho intramolecular Hbond substituents is 1. The molecule has 1 aromatic rings. The summed E-state index contributed by atoms with van der Waals surface area (Å²) in [7, 11) is 1.42. The van der Waals surface area contributed by atoms with Crippen molar-refractivity contribution in [2.24, 2.45) is 47.3 Å². The lowest BCUT2D eigenvalue weighted by atomic mass is 9.78. The highest BCUT2D eigenvalue weighted by Gasteiger charge is 2.59. The van der Waals surface area contributed by atoms with Crippen LogP contribution in [0.2, 0.25) is 0 Å². The van der Waals surface area contributed by atoms with E-state index < -0.39 is 106 Å². The standard InChI is InChI=1S/C52H64N4O14/c1-24-11-10-12-25(2)49(64)53-39-40(55-19-16-54(17-20-55)18-21-56-50(65)34-31-13-14-32(23-31)35(34)51(56)66)45(62)36-37(44(39)61)43(60)29(6)47-38(36)48(63)52(8,70-47)68-22-15-33(67-9)26(3)46(69-30(7)57)28(5)42(59)27(4)41(24)58/h10-15,22,24,26-28,31-35,41-42,46,58-60H,16-21,23H2,1-9H3,(H,53,64)/t24-,26+,27+,28-,31?,32?,33-,34?,35?,41-,42-,46+,52-/m0/s1. The third-order valence-electron chi connectivity index (χ3n) is 15.8. The molecule has 18 heteroatoms. The van der Waals surface area contributed by atoms with E-state index in [0.29, 0.717) is 19.6 Å². The topological polar surface area (TPSA) is 239 Å². The van der Waals surface area contributed by atoms with Crippen molar-refractivity contribution in [3.8, 4) is 11.5 Å². The SMILES string of the molecule is CO[C@H]1C=CO[C@@]2(C)Oc3c(C)c(O)c4c(c3C2=O)C(=O)C(N2CCN(CCN3C(=O)C5C6C=CC(C6)C5C3=O)CC2)=C(NC(=O)C(C)=CC=C[C@H](C)[C@H](O)[C@@H](C)[C@H](O)[C@H](C)[C@H](OC(C)=O)[C@@H]1C)C4=O. The van der Waals surface area contributed by atoms with Gasteiger partial charge in [-0.15, -0.1) is 0 Å². The number of nitrogens with one attached hydrogen (secondary N) is 1. The Bertz CT molecular complexity index is 2520. The van der Waals surface area contributed by atoms with Crippen LogP contribution in [0.4, 0.5) is 0 Å². The quantitative estimate of drug-likeness (QED) is 0.182. The fourth-order valence-corrected chi connectivity index (χ4v) is 11.6. The van der Waals surface area contributed by atoms with Crippen molar-refractivity contribution in [2.75, 3.05) is 46.4 Å². The molecule has 376 valence electrons. The predicted molar refractivity (Wildman–Crippen MR) is 251 cm³/mol. The molecule has 4 N–H and O–H groups in total. The average Bonchev–Trinajstić information content (AvgIpc) is 4.08. The second-order valence-corrected chi connectivity index (χ2v) is 20.2. The molecule has 3 aliphatic carbocycles. The Morgan fingerprint density at radius 2 is 1.47 bits per heavy atom. The molecule has 13 atom stereocenters. The average molecular weight is 969 g/mol. The van der Waals surface area contributed by atoms with Gasteiger partial charge in [-0.25, -0.2) is 0 Å². The highest BCUT2D eigenvalue weighted by Crippen LogP contribution is 2.53. The minimum atomic E-state index is -2.13. The van der Waals surface area contributed by atoms with Gasteiger partial charge in [-0.2, -0.15) is 0 Å². The monoisotopic (exact) mass is 968 g/mol. The Balaban J connectivity index is 1.13. The van der Waals surface area contributed by atoms with Crippen molar-refractivity contribution in [3.05, 3.63) is 81.9 Å². The number of aromatic hydroxyl groups is 1. The molecule has 18 nitrogen and oxygen atoms in total. The number of benzene rings is 1. The maximum absolute atomic E-state index is 15.2. The number of fused-ring (bicyclic) bond motifs is 19. The van der Waals surface area contributed by atoms with Crippen molar-refractivity contribution < 1.29 is 67.8 Å². The molecule has 5 aliphatic heterocycles. The number of rotatable bonds is 6. The Morgan fingerprint density at radius 1 is 0.829 bits per heavy atom. The maximum Gasteiger partial charge on any atom is 0.312 e. The number of hydrogen-bond acceptors (Lipinski definition) is 16. The molecule has 0 radical (unpaired) electrons. The lowest BCUT2D eigenvalue weighted by Gasteiger charge is -2.39. The molecule has 9 rings (SSSR count). The zero-order valence-corrected chi connectivity index (χ0v) is 41.1. The second kappa shape index (κ2) is 19.3. The van der Waals surface area contributed by atoms with Gasteiger partial charge in [0.2, 0.25) is 23.4 Å². The van der Waals surface area contributed by atoms with Crippen LogP contribution in [0.3, 0.4) is 0 Å². The summed E-state index contributed by atoms with van der Waals surface area (Å²) in [6.07, 6.45) is 8.22. The van der Waals surface area contributed by atoms with Crippen LogP contribution >= 0.6 is 0 Å². The first kappa shape index (κ1) is 50.4. The number of ether oxygens (including phenoxy) is 4. The smallest absolute Gasteiger partial charge is 0.312 e. The number of methoxy groups -OCH3 is 1. The third-order valence-corrected chi connectivity index (χ3v) is 15.8. The van der Waals surface area contributed by atoms with Crippen molar-refractivity contribution in [1.29, 1.82) is 0 Å². The molecule has 70 heavy (non-hydrogen) atoms. The van der Waals surface area contributed by atoms with Crippen LogP contribution < -0.4 is 10.1 Å². The number of ketones is 3. The first-order valence-electron chi connectivity index (χ1n) is 24.2. The van der Waals surface area contributed by atoms with E-state index >= 15 is 4.79 Å². The summed E-state index contributed by atoms with van der Waals surface area (Å²) in [5.74, 6) is -10.2. The highest BCUT2D eigenvalue weighted by atomic mass is 16.7. The van der Waals surface area contributed by atoms with Crippen molar-refractivity contribution >= 4 is 41.0 Å². The predicted octanol–water partition coefficient (Wildman–Crippen LogP) is 3.38. The van der Waals surface area contributed by atoms with E-state index in [-0.39, 0.29) is 83.3 Å². The number of allylic oxidation sites excluding steroid dienone is 6.